The number of benzene rings is 2. The lowest BCUT2D eigenvalue weighted by Crippen LogP contribution is -2.31. The minimum absolute atomic E-state index is 0.0750. The fraction of sp³-hybridized carbons (Fsp3) is 0.581. The van der Waals surface area contributed by atoms with Crippen LogP contribution in [0.4, 0.5) is 0 Å². The van der Waals surface area contributed by atoms with Crippen LogP contribution in [0, 0.1) is 5.41 Å². The van der Waals surface area contributed by atoms with Gasteiger partial charge in [0.15, 0.2) is 5.78 Å². The summed E-state index contributed by atoms with van der Waals surface area (Å²) in [5.74, 6) is 1.10. The second kappa shape index (κ2) is 17.3. The van der Waals surface area contributed by atoms with E-state index in [1.165, 1.54) is 19.3 Å². The van der Waals surface area contributed by atoms with E-state index in [0.717, 1.165) is 61.0 Å². The predicted octanol–water partition coefficient (Wildman–Crippen LogP) is 6.84. The van der Waals surface area contributed by atoms with E-state index < -0.39 is 5.41 Å². The molecule has 5 nitrogen and oxygen atoms in total. The molecule has 0 aliphatic heterocycles. The zero-order valence-corrected chi connectivity index (χ0v) is 22.3. The molecular formula is C31H46O5. The summed E-state index contributed by atoms with van der Waals surface area (Å²) in [7, 11) is 0. The highest BCUT2D eigenvalue weighted by Crippen LogP contribution is 2.24. The van der Waals surface area contributed by atoms with Crippen LogP contribution in [0.1, 0.15) is 88.4 Å². The Morgan fingerprint density at radius 3 is 1.92 bits per heavy atom. The first kappa shape index (κ1) is 30.0. The Balaban J connectivity index is 1.62. The van der Waals surface area contributed by atoms with Crippen molar-refractivity contribution in [3.05, 3.63) is 54.1 Å². The molecule has 0 aliphatic carbocycles. The Morgan fingerprint density at radius 1 is 0.750 bits per heavy atom. The van der Waals surface area contributed by atoms with Crippen LogP contribution in [0.5, 0.6) is 5.75 Å². The Labute approximate surface area is 217 Å². The van der Waals surface area contributed by atoms with E-state index in [-0.39, 0.29) is 19.0 Å². The second-order valence-corrected chi connectivity index (χ2v) is 10.1. The number of aliphatic hydroxyl groups is 2. The quantitative estimate of drug-likeness (QED) is 0.154. The van der Waals surface area contributed by atoms with Crippen molar-refractivity contribution < 1.29 is 24.5 Å². The van der Waals surface area contributed by atoms with Gasteiger partial charge in [0, 0.05) is 24.0 Å². The first-order valence-electron chi connectivity index (χ1n) is 13.7. The van der Waals surface area contributed by atoms with Crippen LogP contribution in [0.15, 0.2) is 48.5 Å². The molecule has 0 atom stereocenters. The monoisotopic (exact) mass is 498 g/mol. The highest BCUT2D eigenvalue weighted by molar-refractivity contribution is 5.96. The number of aliphatic hydroxyl groups excluding tert-OH is 2. The summed E-state index contributed by atoms with van der Waals surface area (Å²) >= 11 is 0. The fourth-order valence-electron chi connectivity index (χ4n) is 3.94. The molecule has 0 radical (unpaired) electrons. The standard InChI is InChI=1S/C31H46O5/c1-3-4-5-6-9-12-30(34)28-15-13-26(14-16-28)27-17-19-29(20-18-27)36-22-11-8-7-10-21-35-25-31(2,23-32)24-33/h13-20,32-33H,3-12,21-25H2,1-2H3. The van der Waals surface area contributed by atoms with Crippen LogP contribution in [0.2, 0.25) is 0 Å². The van der Waals surface area contributed by atoms with E-state index in [0.29, 0.717) is 26.2 Å². The van der Waals surface area contributed by atoms with Crippen LogP contribution in [-0.2, 0) is 4.74 Å². The van der Waals surface area contributed by atoms with Crippen molar-refractivity contribution in [2.24, 2.45) is 5.41 Å². The van der Waals surface area contributed by atoms with Gasteiger partial charge in [-0.25, -0.2) is 0 Å². The second-order valence-electron chi connectivity index (χ2n) is 10.1. The van der Waals surface area contributed by atoms with Gasteiger partial charge >= 0.3 is 0 Å². The number of rotatable bonds is 20. The van der Waals surface area contributed by atoms with Gasteiger partial charge in [-0.3, -0.25) is 4.79 Å². The van der Waals surface area contributed by atoms with Gasteiger partial charge in [0.1, 0.15) is 5.75 Å². The highest BCUT2D eigenvalue weighted by Gasteiger charge is 2.22. The molecule has 200 valence electrons. The molecule has 0 aromatic heterocycles. The number of carbonyl (C=O) groups excluding carboxylic acids is 1. The van der Waals surface area contributed by atoms with Crippen molar-refractivity contribution in [1.29, 1.82) is 0 Å². The lowest BCUT2D eigenvalue weighted by molar-refractivity contribution is -0.0169. The van der Waals surface area contributed by atoms with Crippen molar-refractivity contribution in [2.45, 2.75) is 78.1 Å². The van der Waals surface area contributed by atoms with Crippen molar-refractivity contribution in [2.75, 3.05) is 33.0 Å². The van der Waals surface area contributed by atoms with E-state index in [9.17, 15) is 15.0 Å². The lowest BCUT2D eigenvalue weighted by atomic mass is 9.95. The molecule has 0 heterocycles. The van der Waals surface area contributed by atoms with Crippen LogP contribution >= 0.6 is 0 Å². The Hall–Kier alpha value is -2.21. The SMILES string of the molecule is CCCCCCCC(=O)c1ccc(-c2ccc(OCCCCCCOCC(C)(CO)CO)cc2)cc1. The van der Waals surface area contributed by atoms with E-state index in [1.807, 2.05) is 43.3 Å². The third-order valence-electron chi connectivity index (χ3n) is 6.57. The number of Topliss-reactive ketones (excluding diaryl/α,β-unsaturated/α-hetero) is 1. The number of ether oxygens (including phenoxy) is 2. The van der Waals surface area contributed by atoms with Gasteiger partial charge in [-0.05, 0) is 48.9 Å². The largest absolute Gasteiger partial charge is 0.494 e. The van der Waals surface area contributed by atoms with Gasteiger partial charge in [-0.15, -0.1) is 0 Å². The molecule has 2 aromatic carbocycles. The van der Waals surface area contributed by atoms with Gasteiger partial charge in [0.2, 0.25) is 0 Å². The topological polar surface area (TPSA) is 76.0 Å². The highest BCUT2D eigenvalue weighted by atomic mass is 16.5. The van der Waals surface area contributed by atoms with Crippen molar-refractivity contribution in [3.63, 3.8) is 0 Å². The van der Waals surface area contributed by atoms with E-state index >= 15 is 0 Å². The molecule has 5 heteroatoms. The number of hydrogen-bond acceptors (Lipinski definition) is 5. The van der Waals surface area contributed by atoms with Gasteiger partial charge < -0.3 is 19.7 Å². The number of hydrogen-bond donors (Lipinski definition) is 2. The maximum absolute atomic E-state index is 12.4. The molecule has 0 amide bonds. The molecule has 0 aliphatic rings. The Morgan fingerprint density at radius 2 is 1.31 bits per heavy atom. The average molecular weight is 499 g/mol. The van der Waals surface area contributed by atoms with Crippen molar-refractivity contribution >= 4 is 5.78 Å². The van der Waals surface area contributed by atoms with E-state index in [4.69, 9.17) is 9.47 Å². The molecule has 2 rings (SSSR count). The molecule has 2 aromatic rings. The third-order valence-corrected chi connectivity index (χ3v) is 6.57. The Bertz CT molecular complexity index is 840. The van der Waals surface area contributed by atoms with E-state index in [1.54, 1.807) is 0 Å². The molecule has 0 saturated heterocycles. The fourth-order valence-corrected chi connectivity index (χ4v) is 3.94. The minimum atomic E-state index is -0.556. The first-order chi connectivity index (χ1) is 17.5. The predicted molar refractivity (Wildman–Crippen MR) is 147 cm³/mol. The average Bonchev–Trinajstić information content (AvgIpc) is 2.92. The molecule has 0 saturated carbocycles. The van der Waals surface area contributed by atoms with Crippen LogP contribution in [-0.4, -0.2) is 49.0 Å². The molecule has 2 N–H and O–H groups in total. The molecular weight excluding hydrogens is 452 g/mol. The van der Waals surface area contributed by atoms with Crippen LogP contribution < -0.4 is 4.74 Å². The summed E-state index contributed by atoms with van der Waals surface area (Å²) in [6.07, 6.45) is 10.5. The van der Waals surface area contributed by atoms with E-state index in [2.05, 4.69) is 19.1 Å². The van der Waals surface area contributed by atoms with Crippen molar-refractivity contribution in [1.82, 2.24) is 0 Å². The molecule has 0 bridgehead atoms. The zero-order valence-electron chi connectivity index (χ0n) is 22.3. The number of ketones is 1. The van der Waals surface area contributed by atoms with Gasteiger partial charge in [-0.2, -0.15) is 0 Å². The maximum Gasteiger partial charge on any atom is 0.162 e. The normalized spacial score (nSPS) is 11.6. The van der Waals surface area contributed by atoms with Crippen molar-refractivity contribution in [3.8, 4) is 16.9 Å². The van der Waals surface area contributed by atoms with Crippen LogP contribution in [0.25, 0.3) is 11.1 Å². The van der Waals surface area contributed by atoms with Gasteiger partial charge in [0.05, 0.1) is 26.4 Å². The third kappa shape index (κ3) is 11.2. The molecule has 36 heavy (non-hydrogen) atoms. The van der Waals surface area contributed by atoms with Gasteiger partial charge in [-0.1, -0.05) is 82.3 Å². The first-order valence-corrected chi connectivity index (χ1v) is 13.7. The summed E-state index contributed by atoms with van der Waals surface area (Å²) in [6, 6.07) is 16.0. The summed E-state index contributed by atoms with van der Waals surface area (Å²) in [6.45, 7) is 5.57. The summed E-state index contributed by atoms with van der Waals surface area (Å²) in [4.78, 5) is 12.4. The van der Waals surface area contributed by atoms with Gasteiger partial charge in [0.25, 0.3) is 0 Å². The zero-order chi connectivity index (χ0) is 26.1. The molecule has 0 unspecified atom stereocenters. The molecule has 0 spiro atoms. The maximum atomic E-state index is 12.4. The number of unbranched alkanes of at least 4 members (excludes halogenated alkanes) is 7. The summed E-state index contributed by atoms with van der Waals surface area (Å²) < 4.78 is 11.5. The van der Waals surface area contributed by atoms with Crippen LogP contribution in [0.3, 0.4) is 0 Å². The summed E-state index contributed by atoms with van der Waals surface area (Å²) in [5, 5.41) is 18.5. The molecule has 0 fully saturated rings. The smallest absolute Gasteiger partial charge is 0.162 e. The number of carbonyl (C=O) groups is 1. The summed E-state index contributed by atoms with van der Waals surface area (Å²) in [5.41, 5.74) is 2.45. The Kier molecular flexibility index (Phi) is 14.4. The minimum Gasteiger partial charge on any atom is -0.494 e. The lowest BCUT2D eigenvalue weighted by Gasteiger charge is -2.24.